The normalized spacial score (nSPS) is 21.5. The van der Waals surface area contributed by atoms with Crippen molar-refractivity contribution in [3.63, 3.8) is 0 Å². The van der Waals surface area contributed by atoms with E-state index in [2.05, 4.69) is 37.8 Å². The van der Waals surface area contributed by atoms with Gasteiger partial charge in [0.05, 0.1) is 17.9 Å². The van der Waals surface area contributed by atoms with E-state index in [4.69, 9.17) is 5.73 Å². The van der Waals surface area contributed by atoms with Crippen molar-refractivity contribution in [3.8, 4) is 0 Å². The van der Waals surface area contributed by atoms with Gasteiger partial charge in [-0.15, -0.1) is 0 Å². The van der Waals surface area contributed by atoms with Gasteiger partial charge in [0, 0.05) is 22.6 Å². The molecular weight excluding hydrogens is 330 g/mol. The lowest BCUT2D eigenvalue weighted by Crippen LogP contribution is -2.48. The Labute approximate surface area is 132 Å². The second kappa shape index (κ2) is 5.11. The lowest BCUT2D eigenvalue weighted by Gasteiger charge is -2.36. The molecular formula is C15H16BrN5. The fraction of sp³-hybridized carbons (Fsp3) is 0.267. The van der Waals surface area contributed by atoms with E-state index in [0.29, 0.717) is 12.5 Å². The summed E-state index contributed by atoms with van der Waals surface area (Å²) in [5.74, 6) is 0.501. The molecule has 0 spiro atoms. The van der Waals surface area contributed by atoms with Crippen LogP contribution in [-0.2, 0) is 5.54 Å². The van der Waals surface area contributed by atoms with Gasteiger partial charge in [0.15, 0.2) is 5.96 Å². The van der Waals surface area contributed by atoms with Gasteiger partial charge in [-0.25, -0.2) is 0 Å². The summed E-state index contributed by atoms with van der Waals surface area (Å²) in [5.41, 5.74) is 8.48. The number of hydrogen-bond acceptors (Lipinski definition) is 5. The lowest BCUT2D eigenvalue weighted by molar-refractivity contribution is 0.508. The summed E-state index contributed by atoms with van der Waals surface area (Å²) < 4.78 is 0.998. The molecule has 1 aliphatic heterocycles. The number of hydrogen-bond donors (Lipinski definition) is 1. The highest BCUT2D eigenvalue weighted by Crippen LogP contribution is 2.37. The number of aromatic nitrogens is 2. The van der Waals surface area contributed by atoms with Crippen molar-refractivity contribution in [3.05, 3.63) is 52.5 Å². The Bertz CT molecular complexity index is 715. The summed E-state index contributed by atoms with van der Waals surface area (Å²) in [4.78, 5) is 15.3. The van der Waals surface area contributed by atoms with E-state index < -0.39 is 5.54 Å². The largest absolute Gasteiger partial charge is 0.369 e. The van der Waals surface area contributed by atoms with Gasteiger partial charge in [0.1, 0.15) is 5.54 Å². The van der Waals surface area contributed by atoms with Crippen molar-refractivity contribution >= 4 is 27.6 Å². The number of rotatable bonds is 2. The minimum Gasteiger partial charge on any atom is -0.369 e. The Kier molecular flexibility index (Phi) is 3.41. The van der Waals surface area contributed by atoms with Crippen LogP contribution >= 0.6 is 15.9 Å². The first-order valence-electron chi connectivity index (χ1n) is 6.66. The van der Waals surface area contributed by atoms with E-state index >= 15 is 0 Å². The molecule has 2 heterocycles. The Morgan fingerprint density at radius 3 is 2.76 bits per heavy atom. The smallest absolute Gasteiger partial charge is 0.196 e. The van der Waals surface area contributed by atoms with Crippen molar-refractivity contribution < 1.29 is 0 Å². The molecule has 2 N–H and O–H groups in total. The third-order valence-corrected chi connectivity index (χ3v) is 4.22. The highest BCUT2D eigenvalue weighted by Gasteiger charge is 2.43. The van der Waals surface area contributed by atoms with Crippen molar-refractivity contribution in [2.45, 2.75) is 19.4 Å². The highest BCUT2D eigenvalue weighted by molar-refractivity contribution is 9.10. The van der Waals surface area contributed by atoms with Crippen molar-refractivity contribution in [1.29, 1.82) is 0 Å². The average Bonchev–Trinajstić information content (AvgIpc) is 2.76. The number of benzene rings is 1. The molecule has 21 heavy (non-hydrogen) atoms. The predicted octanol–water partition coefficient (Wildman–Crippen LogP) is 2.60. The third kappa shape index (κ3) is 2.29. The molecule has 3 rings (SSSR count). The molecule has 1 atom stereocenters. The number of nitrogens with two attached hydrogens (primary N) is 1. The summed E-state index contributed by atoms with van der Waals surface area (Å²) in [6, 6.07) is 8.01. The fourth-order valence-corrected chi connectivity index (χ4v) is 3.17. The first-order valence-corrected chi connectivity index (χ1v) is 7.45. The van der Waals surface area contributed by atoms with Gasteiger partial charge >= 0.3 is 0 Å². The fourth-order valence-electron chi connectivity index (χ4n) is 2.78. The summed E-state index contributed by atoms with van der Waals surface area (Å²) in [6.07, 6.45) is 3.41. The minimum absolute atomic E-state index is 0.427. The van der Waals surface area contributed by atoms with E-state index in [-0.39, 0.29) is 0 Å². The first-order chi connectivity index (χ1) is 10.0. The zero-order valence-electron chi connectivity index (χ0n) is 11.9. The Balaban J connectivity index is 2.13. The molecule has 0 aliphatic carbocycles. The lowest BCUT2D eigenvalue weighted by atomic mass is 9.94. The van der Waals surface area contributed by atoms with Gasteiger partial charge in [-0.2, -0.15) is 0 Å². The van der Waals surface area contributed by atoms with Gasteiger partial charge < -0.3 is 5.73 Å². The van der Waals surface area contributed by atoms with Crippen molar-refractivity contribution in [1.82, 2.24) is 9.97 Å². The Morgan fingerprint density at radius 1 is 1.29 bits per heavy atom. The zero-order chi connectivity index (χ0) is 15.0. The maximum atomic E-state index is 6.14. The Hall–Kier alpha value is -1.95. The molecule has 0 fully saturated rings. The predicted molar refractivity (Wildman–Crippen MR) is 87.2 cm³/mol. The number of halogens is 1. The molecule has 0 amide bonds. The van der Waals surface area contributed by atoms with E-state index in [1.54, 1.807) is 12.4 Å². The molecule has 108 valence electrons. The maximum absolute atomic E-state index is 6.14. The molecule has 0 saturated heterocycles. The molecule has 0 radical (unpaired) electrons. The molecule has 6 heteroatoms. The van der Waals surface area contributed by atoms with Crippen LogP contribution in [0.4, 0.5) is 5.69 Å². The van der Waals surface area contributed by atoms with Crippen molar-refractivity contribution in [2.75, 3.05) is 11.4 Å². The van der Waals surface area contributed by atoms with Gasteiger partial charge in [0.25, 0.3) is 0 Å². The molecule has 0 bridgehead atoms. The van der Waals surface area contributed by atoms with Crippen LogP contribution < -0.4 is 10.6 Å². The van der Waals surface area contributed by atoms with Gasteiger partial charge in [-0.05, 0) is 32.0 Å². The molecule has 1 aliphatic rings. The monoisotopic (exact) mass is 345 g/mol. The number of nitrogens with zero attached hydrogens (tertiary/aromatic N) is 4. The topological polar surface area (TPSA) is 67.4 Å². The molecule has 1 aromatic carbocycles. The summed E-state index contributed by atoms with van der Waals surface area (Å²) >= 11 is 3.50. The number of aryl methyl sites for hydroxylation is 1. The van der Waals surface area contributed by atoms with E-state index in [1.807, 2.05) is 36.1 Å². The molecule has 0 saturated carbocycles. The van der Waals surface area contributed by atoms with Crippen LogP contribution in [0, 0.1) is 6.92 Å². The summed E-state index contributed by atoms with van der Waals surface area (Å²) in [6.45, 7) is 4.61. The third-order valence-electron chi connectivity index (χ3n) is 3.73. The van der Waals surface area contributed by atoms with E-state index in [9.17, 15) is 0 Å². The van der Waals surface area contributed by atoms with Crippen LogP contribution in [0.2, 0.25) is 0 Å². The van der Waals surface area contributed by atoms with Crippen LogP contribution in [0.15, 0.2) is 46.1 Å². The van der Waals surface area contributed by atoms with Gasteiger partial charge in [-0.1, -0.05) is 22.0 Å². The van der Waals surface area contributed by atoms with Crippen LogP contribution in [0.3, 0.4) is 0 Å². The summed E-state index contributed by atoms with van der Waals surface area (Å²) in [5, 5.41) is 0. The van der Waals surface area contributed by atoms with Crippen LogP contribution in [0.25, 0.3) is 0 Å². The maximum Gasteiger partial charge on any atom is 0.196 e. The van der Waals surface area contributed by atoms with Gasteiger partial charge in [-0.3, -0.25) is 19.9 Å². The zero-order valence-corrected chi connectivity index (χ0v) is 13.5. The summed E-state index contributed by atoms with van der Waals surface area (Å²) in [7, 11) is 0. The average molecular weight is 346 g/mol. The van der Waals surface area contributed by atoms with E-state index in [0.717, 1.165) is 21.5 Å². The highest BCUT2D eigenvalue weighted by atomic mass is 79.9. The molecule has 2 aromatic rings. The van der Waals surface area contributed by atoms with Crippen LogP contribution in [0.1, 0.15) is 18.3 Å². The Morgan fingerprint density at radius 2 is 2.05 bits per heavy atom. The minimum atomic E-state index is -0.427. The second-order valence-corrected chi connectivity index (χ2v) is 6.17. The SMILES string of the molecule is Cc1nccnc1C1(C)CN=C(N)N1c1cccc(Br)c1. The number of anilines is 1. The van der Waals surface area contributed by atoms with Crippen LogP contribution in [-0.4, -0.2) is 22.5 Å². The van der Waals surface area contributed by atoms with E-state index in [1.165, 1.54) is 0 Å². The quantitative estimate of drug-likeness (QED) is 0.908. The van der Waals surface area contributed by atoms with Gasteiger partial charge in [0.2, 0.25) is 0 Å². The second-order valence-electron chi connectivity index (χ2n) is 5.25. The first kappa shape index (κ1) is 14.0. The number of aliphatic imine (C=N–C) groups is 1. The molecule has 1 unspecified atom stereocenters. The van der Waals surface area contributed by atoms with Crippen molar-refractivity contribution in [2.24, 2.45) is 10.7 Å². The van der Waals surface area contributed by atoms with Crippen LogP contribution in [0.5, 0.6) is 0 Å². The molecule has 1 aromatic heterocycles. The number of guanidine groups is 1. The molecule has 5 nitrogen and oxygen atoms in total. The standard InChI is InChI=1S/C15H16BrN5/c1-10-13(19-7-6-18-10)15(2)9-20-14(17)21(15)12-5-3-4-11(16)8-12/h3-8H,9H2,1-2H3,(H2,17,20).